The molecular weight excluding hydrogens is 324 g/mol. The molecule has 3 fully saturated rings. The van der Waals surface area contributed by atoms with Crippen molar-refractivity contribution in [3.63, 3.8) is 0 Å². The smallest absolute Gasteiger partial charge is 0.123 e. The number of likely N-dealkylation sites (tertiary alicyclic amines) is 1. The van der Waals surface area contributed by atoms with E-state index in [1.54, 1.807) is 0 Å². The lowest BCUT2D eigenvalue weighted by Gasteiger charge is -2.32. The summed E-state index contributed by atoms with van der Waals surface area (Å²) in [7, 11) is 0. The molecule has 0 amide bonds. The molecule has 0 aromatic heterocycles. The number of nitrogens with zero attached hydrogens (tertiary/aromatic N) is 2. The molecule has 0 spiro atoms. The Morgan fingerprint density at radius 3 is 2.62 bits per heavy atom. The molecule has 1 aromatic carbocycles. The van der Waals surface area contributed by atoms with Gasteiger partial charge in [-0.1, -0.05) is 0 Å². The molecule has 3 aliphatic rings. The van der Waals surface area contributed by atoms with Crippen molar-refractivity contribution >= 4 is 11.4 Å². The van der Waals surface area contributed by atoms with E-state index in [4.69, 9.17) is 4.74 Å². The van der Waals surface area contributed by atoms with Gasteiger partial charge in [0.1, 0.15) is 5.75 Å². The second-order valence-electron chi connectivity index (χ2n) is 8.08. The summed E-state index contributed by atoms with van der Waals surface area (Å²) in [5.74, 6) is 1.81. The van der Waals surface area contributed by atoms with Gasteiger partial charge in [-0.15, -0.1) is 0 Å². The molecule has 2 aliphatic heterocycles. The highest BCUT2D eigenvalue weighted by molar-refractivity contribution is 5.69. The van der Waals surface area contributed by atoms with Gasteiger partial charge in [-0.2, -0.15) is 0 Å². The van der Waals surface area contributed by atoms with Gasteiger partial charge in [-0.25, -0.2) is 0 Å². The lowest BCUT2D eigenvalue weighted by atomic mass is 10.1. The lowest BCUT2D eigenvalue weighted by Crippen LogP contribution is -2.43. The van der Waals surface area contributed by atoms with E-state index in [9.17, 15) is 0 Å². The quantitative estimate of drug-likeness (QED) is 0.748. The maximum absolute atomic E-state index is 6.14. The van der Waals surface area contributed by atoms with Crippen LogP contribution in [0.2, 0.25) is 0 Å². The van der Waals surface area contributed by atoms with Gasteiger partial charge < -0.3 is 25.2 Å². The first-order valence-electron chi connectivity index (χ1n) is 10.5. The monoisotopic (exact) mass is 358 g/mol. The van der Waals surface area contributed by atoms with Gasteiger partial charge in [-0.05, 0) is 57.2 Å². The minimum absolute atomic E-state index is 0.783. The first kappa shape index (κ1) is 17.9. The zero-order valence-corrected chi connectivity index (χ0v) is 16.2. The van der Waals surface area contributed by atoms with Crippen molar-refractivity contribution in [2.24, 2.45) is 5.92 Å². The topological polar surface area (TPSA) is 39.8 Å². The molecule has 5 heteroatoms. The summed E-state index contributed by atoms with van der Waals surface area (Å²) < 4.78 is 6.14. The molecule has 0 unspecified atom stereocenters. The van der Waals surface area contributed by atoms with Crippen LogP contribution in [-0.4, -0.2) is 63.9 Å². The number of anilines is 2. The first-order chi connectivity index (χ1) is 12.8. The molecule has 0 bridgehead atoms. The molecule has 2 heterocycles. The highest BCUT2D eigenvalue weighted by Crippen LogP contribution is 2.35. The van der Waals surface area contributed by atoms with Crippen LogP contribution in [0.5, 0.6) is 5.75 Å². The summed E-state index contributed by atoms with van der Waals surface area (Å²) in [5, 5.41) is 7.15. The van der Waals surface area contributed by atoms with Crippen LogP contribution in [-0.2, 0) is 0 Å². The van der Waals surface area contributed by atoms with Crippen molar-refractivity contribution in [3.05, 3.63) is 17.7 Å². The number of benzene rings is 1. The molecule has 144 valence electrons. The van der Waals surface area contributed by atoms with Gasteiger partial charge >= 0.3 is 0 Å². The van der Waals surface area contributed by atoms with E-state index in [2.05, 4.69) is 39.5 Å². The summed E-state index contributed by atoms with van der Waals surface area (Å²) in [6.07, 6.45) is 5.38. The van der Waals surface area contributed by atoms with Crippen molar-refractivity contribution in [3.8, 4) is 5.75 Å². The molecule has 0 radical (unpaired) electrons. The van der Waals surface area contributed by atoms with Crippen LogP contribution in [0.15, 0.2) is 12.1 Å². The molecule has 2 N–H and O–H groups in total. The Kier molecular flexibility index (Phi) is 5.85. The Bertz CT molecular complexity index is 590. The average Bonchev–Trinajstić information content (AvgIpc) is 3.36. The van der Waals surface area contributed by atoms with E-state index < -0.39 is 0 Å². The summed E-state index contributed by atoms with van der Waals surface area (Å²) >= 11 is 0. The average molecular weight is 359 g/mol. The molecule has 5 nitrogen and oxygen atoms in total. The number of piperazine rings is 1. The standard InChI is InChI=1S/C21H34N4O/c1-17-20(23-8-11-24-9-2-3-10-24)14-19(26-16-18-4-5-18)15-21(17)25-12-6-22-7-13-25/h14-15,18,22-23H,2-13,16H2,1H3. The fourth-order valence-electron chi connectivity index (χ4n) is 4.03. The predicted octanol–water partition coefficient (Wildman–Crippen LogP) is 2.70. The van der Waals surface area contributed by atoms with Gasteiger partial charge in [-0.3, -0.25) is 0 Å². The molecule has 2 saturated heterocycles. The van der Waals surface area contributed by atoms with Crippen LogP contribution < -0.4 is 20.3 Å². The minimum atomic E-state index is 0.783. The van der Waals surface area contributed by atoms with Crippen LogP contribution >= 0.6 is 0 Å². The zero-order chi connectivity index (χ0) is 17.8. The summed E-state index contributed by atoms with van der Waals surface area (Å²) in [6.45, 7) is 12.0. The summed E-state index contributed by atoms with van der Waals surface area (Å²) in [4.78, 5) is 5.06. The lowest BCUT2D eigenvalue weighted by molar-refractivity contribution is 0.300. The van der Waals surface area contributed by atoms with Crippen LogP contribution in [0, 0.1) is 12.8 Å². The number of hydrogen-bond acceptors (Lipinski definition) is 5. The van der Waals surface area contributed by atoms with Gasteiger partial charge in [0.25, 0.3) is 0 Å². The Morgan fingerprint density at radius 1 is 1.12 bits per heavy atom. The third-order valence-corrected chi connectivity index (χ3v) is 5.94. The van der Waals surface area contributed by atoms with Crippen molar-refractivity contribution < 1.29 is 4.74 Å². The van der Waals surface area contributed by atoms with Crippen LogP contribution in [0.3, 0.4) is 0 Å². The third kappa shape index (κ3) is 4.63. The van der Waals surface area contributed by atoms with E-state index in [1.807, 2.05) is 0 Å². The highest BCUT2D eigenvalue weighted by atomic mass is 16.5. The van der Waals surface area contributed by atoms with Crippen molar-refractivity contribution in [2.75, 3.05) is 69.2 Å². The molecule has 1 aromatic rings. The number of nitrogens with one attached hydrogen (secondary N) is 2. The van der Waals surface area contributed by atoms with Gasteiger partial charge in [0.05, 0.1) is 6.61 Å². The fourth-order valence-corrected chi connectivity index (χ4v) is 4.03. The second kappa shape index (κ2) is 8.49. The van der Waals surface area contributed by atoms with Crippen LogP contribution in [0.1, 0.15) is 31.2 Å². The third-order valence-electron chi connectivity index (χ3n) is 5.94. The molecule has 4 rings (SSSR count). The predicted molar refractivity (Wildman–Crippen MR) is 109 cm³/mol. The Balaban J connectivity index is 1.46. The second-order valence-corrected chi connectivity index (χ2v) is 8.08. The highest BCUT2D eigenvalue weighted by Gasteiger charge is 2.23. The number of rotatable bonds is 8. The fraction of sp³-hybridized carbons (Fsp3) is 0.714. The van der Waals surface area contributed by atoms with E-state index in [0.717, 1.165) is 57.5 Å². The summed E-state index contributed by atoms with van der Waals surface area (Å²) in [6, 6.07) is 4.47. The van der Waals surface area contributed by atoms with E-state index in [0.29, 0.717) is 0 Å². The van der Waals surface area contributed by atoms with Crippen molar-refractivity contribution in [2.45, 2.75) is 32.6 Å². The van der Waals surface area contributed by atoms with Gasteiger partial charge in [0.2, 0.25) is 0 Å². The SMILES string of the molecule is Cc1c(NCCN2CCCC2)cc(OCC2CC2)cc1N1CCNCC1. The van der Waals surface area contributed by atoms with Gasteiger partial charge in [0.15, 0.2) is 0 Å². The molecule has 0 atom stereocenters. The molecule has 26 heavy (non-hydrogen) atoms. The normalized spacial score (nSPS) is 21.2. The largest absolute Gasteiger partial charge is 0.493 e. The van der Waals surface area contributed by atoms with E-state index in [-0.39, 0.29) is 0 Å². The Labute approximate surface area is 158 Å². The van der Waals surface area contributed by atoms with Crippen molar-refractivity contribution in [1.82, 2.24) is 10.2 Å². The maximum atomic E-state index is 6.14. The molecule has 1 aliphatic carbocycles. The van der Waals surface area contributed by atoms with Crippen LogP contribution in [0.4, 0.5) is 11.4 Å². The number of hydrogen-bond donors (Lipinski definition) is 2. The van der Waals surface area contributed by atoms with Crippen molar-refractivity contribution in [1.29, 1.82) is 0 Å². The number of ether oxygens (including phenoxy) is 1. The first-order valence-corrected chi connectivity index (χ1v) is 10.5. The van der Waals surface area contributed by atoms with E-state index in [1.165, 1.54) is 55.7 Å². The molecule has 1 saturated carbocycles. The minimum Gasteiger partial charge on any atom is -0.493 e. The Hall–Kier alpha value is -1.46. The van der Waals surface area contributed by atoms with E-state index >= 15 is 0 Å². The molecular formula is C21H34N4O. The van der Waals surface area contributed by atoms with Gasteiger partial charge in [0, 0.05) is 62.8 Å². The Morgan fingerprint density at radius 2 is 1.88 bits per heavy atom. The van der Waals surface area contributed by atoms with Crippen LogP contribution in [0.25, 0.3) is 0 Å². The zero-order valence-electron chi connectivity index (χ0n) is 16.2. The maximum Gasteiger partial charge on any atom is 0.123 e. The summed E-state index contributed by atoms with van der Waals surface area (Å²) in [5.41, 5.74) is 3.93.